The molecule has 1 saturated heterocycles. The largest absolute Gasteiger partial charge is 0.376 e. The maximum absolute atomic E-state index is 5.93. The lowest BCUT2D eigenvalue weighted by Gasteiger charge is -2.21. The Morgan fingerprint density at radius 2 is 1.77 bits per heavy atom. The number of hydrogen-bond donors (Lipinski definition) is 1. The zero-order valence-corrected chi connectivity index (χ0v) is 15.6. The topological polar surface area (TPSA) is 36.9 Å². The number of rotatable bonds is 7. The molecule has 1 atom stereocenters. The van der Waals surface area contributed by atoms with E-state index in [1.807, 2.05) is 12.1 Å². The third kappa shape index (κ3) is 5.60. The van der Waals surface area contributed by atoms with Crippen LogP contribution in [0.3, 0.4) is 0 Å². The van der Waals surface area contributed by atoms with Crippen LogP contribution in [0.25, 0.3) is 0 Å². The van der Waals surface area contributed by atoms with Gasteiger partial charge in [-0.2, -0.15) is 0 Å². The Bertz CT molecular complexity index is 672. The average molecular weight is 351 g/mol. The van der Waals surface area contributed by atoms with Crippen LogP contribution in [-0.4, -0.2) is 37.1 Å². The number of benzene rings is 2. The normalized spacial score (nSPS) is 17.5. The van der Waals surface area contributed by atoms with Crippen LogP contribution in [0, 0.1) is 5.92 Å². The molecule has 1 unspecified atom stereocenters. The Kier molecular flexibility index (Phi) is 7.08. The molecule has 0 bridgehead atoms. The molecule has 1 aliphatic heterocycles. The third-order valence-corrected chi connectivity index (χ3v) is 4.64. The van der Waals surface area contributed by atoms with Gasteiger partial charge in [-0.25, -0.2) is 4.99 Å². The van der Waals surface area contributed by atoms with Gasteiger partial charge in [-0.3, -0.25) is 0 Å². The molecule has 1 heterocycles. The van der Waals surface area contributed by atoms with Crippen LogP contribution in [0.1, 0.15) is 24.5 Å². The molecule has 0 spiro atoms. The second-order valence-electron chi connectivity index (χ2n) is 6.76. The summed E-state index contributed by atoms with van der Waals surface area (Å²) in [7, 11) is 0. The van der Waals surface area contributed by atoms with E-state index in [-0.39, 0.29) is 0 Å². The van der Waals surface area contributed by atoms with Crippen LogP contribution in [-0.2, 0) is 17.9 Å². The van der Waals surface area contributed by atoms with Crippen LogP contribution in [0.5, 0.6) is 0 Å². The molecule has 0 saturated carbocycles. The summed E-state index contributed by atoms with van der Waals surface area (Å²) in [5.74, 6) is 1.58. The first kappa shape index (κ1) is 18.5. The second-order valence-corrected chi connectivity index (χ2v) is 6.76. The predicted molar refractivity (Wildman–Crippen MR) is 107 cm³/mol. The van der Waals surface area contributed by atoms with E-state index < -0.39 is 0 Å². The van der Waals surface area contributed by atoms with Crippen molar-refractivity contribution in [2.45, 2.75) is 26.5 Å². The lowest BCUT2D eigenvalue weighted by molar-refractivity contribution is 0.0906. The van der Waals surface area contributed by atoms with E-state index in [0.29, 0.717) is 12.5 Å². The molecule has 2 aromatic rings. The molecule has 0 aliphatic carbocycles. The molecule has 0 radical (unpaired) electrons. The molecule has 1 aliphatic rings. The SMILES string of the molecule is CCNC(=NCc1ccccc1)N1CCC(COCc2ccccc2)C1. The second kappa shape index (κ2) is 9.97. The average Bonchev–Trinajstić information content (AvgIpc) is 3.15. The fourth-order valence-corrected chi connectivity index (χ4v) is 3.25. The Morgan fingerprint density at radius 1 is 1.08 bits per heavy atom. The molecule has 0 aromatic heterocycles. The van der Waals surface area contributed by atoms with E-state index >= 15 is 0 Å². The number of nitrogens with one attached hydrogen (secondary N) is 1. The van der Waals surface area contributed by atoms with Crippen LogP contribution in [0.4, 0.5) is 0 Å². The summed E-state index contributed by atoms with van der Waals surface area (Å²) in [6, 6.07) is 20.8. The zero-order valence-electron chi connectivity index (χ0n) is 15.6. The van der Waals surface area contributed by atoms with Crippen LogP contribution in [0.15, 0.2) is 65.7 Å². The molecule has 26 heavy (non-hydrogen) atoms. The number of nitrogens with zero attached hydrogens (tertiary/aromatic N) is 2. The van der Waals surface area contributed by atoms with Gasteiger partial charge in [-0.15, -0.1) is 0 Å². The summed E-state index contributed by atoms with van der Waals surface area (Å²) >= 11 is 0. The van der Waals surface area contributed by atoms with E-state index in [0.717, 1.165) is 45.2 Å². The molecule has 138 valence electrons. The molecule has 2 aromatic carbocycles. The van der Waals surface area contributed by atoms with Gasteiger partial charge in [0.1, 0.15) is 0 Å². The summed E-state index contributed by atoms with van der Waals surface area (Å²) < 4.78 is 5.93. The first-order valence-corrected chi connectivity index (χ1v) is 9.54. The van der Waals surface area contributed by atoms with Gasteiger partial charge in [0.05, 0.1) is 19.8 Å². The van der Waals surface area contributed by atoms with Crippen LogP contribution in [0.2, 0.25) is 0 Å². The van der Waals surface area contributed by atoms with E-state index in [4.69, 9.17) is 9.73 Å². The monoisotopic (exact) mass is 351 g/mol. The van der Waals surface area contributed by atoms with Crippen molar-refractivity contribution in [2.24, 2.45) is 10.9 Å². The molecule has 4 heteroatoms. The fourth-order valence-electron chi connectivity index (χ4n) is 3.25. The Balaban J connectivity index is 1.48. The van der Waals surface area contributed by atoms with Crippen molar-refractivity contribution in [2.75, 3.05) is 26.2 Å². The van der Waals surface area contributed by atoms with E-state index in [1.165, 1.54) is 11.1 Å². The minimum Gasteiger partial charge on any atom is -0.376 e. The molecule has 0 amide bonds. The summed E-state index contributed by atoms with van der Waals surface area (Å²) in [5.41, 5.74) is 2.48. The van der Waals surface area contributed by atoms with Crippen molar-refractivity contribution in [1.29, 1.82) is 0 Å². The summed E-state index contributed by atoms with van der Waals surface area (Å²) in [5, 5.41) is 3.43. The fraction of sp³-hybridized carbons (Fsp3) is 0.409. The maximum Gasteiger partial charge on any atom is 0.194 e. The summed E-state index contributed by atoms with van der Waals surface area (Å²) in [6.07, 6.45) is 1.16. The molecular formula is C22H29N3O. The smallest absolute Gasteiger partial charge is 0.194 e. The van der Waals surface area contributed by atoms with Crippen molar-refractivity contribution in [3.05, 3.63) is 71.8 Å². The van der Waals surface area contributed by atoms with Crippen LogP contribution >= 0.6 is 0 Å². The Morgan fingerprint density at radius 3 is 2.46 bits per heavy atom. The number of ether oxygens (including phenoxy) is 1. The van der Waals surface area contributed by atoms with E-state index in [2.05, 4.69) is 65.7 Å². The Labute approximate surface area is 156 Å². The molecule has 4 nitrogen and oxygen atoms in total. The number of hydrogen-bond acceptors (Lipinski definition) is 2. The van der Waals surface area contributed by atoms with Gasteiger partial charge >= 0.3 is 0 Å². The van der Waals surface area contributed by atoms with Crippen LogP contribution < -0.4 is 5.32 Å². The number of guanidine groups is 1. The highest BCUT2D eigenvalue weighted by Gasteiger charge is 2.24. The highest BCUT2D eigenvalue weighted by molar-refractivity contribution is 5.80. The molecule has 1 fully saturated rings. The van der Waals surface area contributed by atoms with Crippen molar-refractivity contribution in [3.63, 3.8) is 0 Å². The predicted octanol–water partition coefficient (Wildman–Crippen LogP) is 3.69. The highest BCUT2D eigenvalue weighted by atomic mass is 16.5. The van der Waals surface area contributed by atoms with Gasteiger partial charge in [-0.1, -0.05) is 60.7 Å². The first-order chi connectivity index (χ1) is 12.8. The van der Waals surface area contributed by atoms with Gasteiger partial charge in [-0.05, 0) is 24.5 Å². The first-order valence-electron chi connectivity index (χ1n) is 9.54. The van der Waals surface area contributed by atoms with Gasteiger partial charge in [0.2, 0.25) is 0 Å². The standard InChI is InChI=1S/C22H29N3O/c1-2-23-22(24-15-19-9-5-3-6-10-19)25-14-13-21(16-25)18-26-17-20-11-7-4-8-12-20/h3-12,21H,2,13-18H2,1H3,(H,23,24). The van der Waals surface area contributed by atoms with Gasteiger partial charge in [0.25, 0.3) is 0 Å². The van der Waals surface area contributed by atoms with Crippen molar-refractivity contribution < 1.29 is 4.74 Å². The maximum atomic E-state index is 5.93. The lowest BCUT2D eigenvalue weighted by atomic mass is 10.1. The van der Waals surface area contributed by atoms with Crippen molar-refractivity contribution in [1.82, 2.24) is 10.2 Å². The lowest BCUT2D eigenvalue weighted by Crippen LogP contribution is -2.40. The number of likely N-dealkylation sites (tertiary alicyclic amines) is 1. The van der Waals surface area contributed by atoms with Crippen molar-refractivity contribution >= 4 is 5.96 Å². The zero-order chi connectivity index (χ0) is 18.0. The molecule has 3 rings (SSSR count). The third-order valence-electron chi connectivity index (χ3n) is 4.64. The number of aliphatic imine (C=N–C) groups is 1. The summed E-state index contributed by atoms with van der Waals surface area (Å²) in [4.78, 5) is 7.18. The summed E-state index contributed by atoms with van der Waals surface area (Å²) in [6.45, 7) is 7.28. The molecular weight excluding hydrogens is 322 g/mol. The Hall–Kier alpha value is -2.33. The van der Waals surface area contributed by atoms with Gasteiger partial charge < -0.3 is 15.0 Å². The minimum atomic E-state index is 0.569. The van der Waals surface area contributed by atoms with Crippen molar-refractivity contribution in [3.8, 4) is 0 Å². The quantitative estimate of drug-likeness (QED) is 0.610. The highest BCUT2D eigenvalue weighted by Crippen LogP contribution is 2.17. The van der Waals surface area contributed by atoms with E-state index in [9.17, 15) is 0 Å². The van der Waals surface area contributed by atoms with Gasteiger partial charge in [0.15, 0.2) is 5.96 Å². The van der Waals surface area contributed by atoms with E-state index in [1.54, 1.807) is 0 Å². The molecule has 1 N–H and O–H groups in total. The van der Waals surface area contributed by atoms with Gasteiger partial charge in [0, 0.05) is 25.6 Å². The minimum absolute atomic E-state index is 0.569.